The maximum absolute atomic E-state index is 11.8. The van der Waals surface area contributed by atoms with E-state index < -0.39 is 17.8 Å². The lowest BCUT2D eigenvalue weighted by Crippen LogP contribution is -2.32. The van der Waals surface area contributed by atoms with Crippen molar-refractivity contribution >= 4 is 34.1 Å². The minimum atomic E-state index is -0.911. The van der Waals surface area contributed by atoms with E-state index in [1.807, 2.05) is 0 Å². The topological polar surface area (TPSA) is 92.1 Å². The smallest absolute Gasteiger partial charge is 0.269 e. The molecule has 3 heterocycles. The molecular weight excluding hydrogens is 284 g/mol. The van der Waals surface area contributed by atoms with Gasteiger partial charge >= 0.3 is 17.8 Å². The van der Waals surface area contributed by atoms with Gasteiger partial charge in [0.15, 0.2) is 4.96 Å². The Morgan fingerprint density at radius 2 is 1.95 bits per heavy atom. The van der Waals surface area contributed by atoms with Crippen LogP contribution in [-0.2, 0) is 16.1 Å². The molecule has 20 heavy (non-hydrogen) atoms. The average Bonchev–Trinajstić information content (AvgIpc) is 2.95. The summed E-state index contributed by atoms with van der Waals surface area (Å²) in [5.74, 6) is -1.80. The van der Waals surface area contributed by atoms with Crippen LogP contribution < -0.4 is 5.56 Å². The highest BCUT2D eigenvalue weighted by molar-refractivity contribution is 7.15. The van der Waals surface area contributed by atoms with Crippen molar-refractivity contribution in [3.8, 4) is 0 Å². The van der Waals surface area contributed by atoms with Gasteiger partial charge in [-0.25, -0.2) is 14.7 Å². The second-order valence-corrected chi connectivity index (χ2v) is 5.05. The third kappa shape index (κ3) is 1.71. The Balaban J connectivity index is 1.97. The minimum Gasteiger partial charge on any atom is -0.269 e. The number of urea groups is 1. The van der Waals surface area contributed by atoms with E-state index in [0.29, 0.717) is 4.96 Å². The fraction of sp³-hybridized carbons (Fsp3) is 0.182. The van der Waals surface area contributed by atoms with Crippen LogP contribution in [0.5, 0.6) is 0 Å². The van der Waals surface area contributed by atoms with Gasteiger partial charge < -0.3 is 0 Å². The number of aromatic nitrogens is 2. The SMILES string of the molecule is CN1C(=O)C(=O)N(Cc2cc(=O)n3ccsc3n2)C1=O. The molecule has 0 atom stereocenters. The van der Waals surface area contributed by atoms with Crippen LogP contribution in [0.1, 0.15) is 5.69 Å². The molecule has 0 unspecified atom stereocenters. The second-order valence-electron chi connectivity index (χ2n) is 4.18. The first kappa shape index (κ1) is 12.5. The van der Waals surface area contributed by atoms with Crippen molar-refractivity contribution in [3.63, 3.8) is 0 Å². The first-order chi connectivity index (χ1) is 9.49. The van der Waals surface area contributed by atoms with Crippen LogP contribution in [0.4, 0.5) is 4.79 Å². The Hall–Kier alpha value is -2.55. The van der Waals surface area contributed by atoms with E-state index in [4.69, 9.17) is 0 Å². The molecule has 0 saturated carbocycles. The number of nitrogens with zero attached hydrogens (tertiary/aromatic N) is 4. The Labute approximate surface area is 115 Å². The zero-order valence-corrected chi connectivity index (χ0v) is 11.1. The van der Waals surface area contributed by atoms with E-state index in [1.165, 1.54) is 28.9 Å². The molecule has 1 aliphatic heterocycles. The highest BCUT2D eigenvalue weighted by Crippen LogP contribution is 2.14. The Kier molecular flexibility index (Phi) is 2.64. The van der Waals surface area contributed by atoms with Gasteiger partial charge in [-0.05, 0) is 0 Å². The van der Waals surface area contributed by atoms with E-state index in [9.17, 15) is 19.2 Å². The van der Waals surface area contributed by atoms with Crippen LogP contribution in [0.25, 0.3) is 4.96 Å². The van der Waals surface area contributed by atoms with Crippen LogP contribution >= 0.6 is 11.3 Å². The highest BCUT2D eigenvalue weighted by atomic mass is 32.1. The molecule has 0 bridgehead atoms. The lowest BCUT2D eigenvalue weighted by atomic mass is 10.3. The second kappa shape index (κ2) is 4.23. The molecule has 0 spiro atoms. The molecule has 3 rings (SSSR count). The largest absolute Gasteiger partial charge is 0.334 e. The van der Waals surface area contributed by atoms with Crippen molar-refractivity contribution in [2.24, 2.45) is 0 Å². The lowest BCUT2D eigenvalue weighted by Gasteiger charge is -2.11. The summed E-state index contributed by atoms with van der Waals surface area (Å²) in [6.45, 7) is -0.197. The van der Waals surface area contributed by atoms with Gasteiger partial charge in [-0.15, -0.1) is 11.3 Å². The molecule has 1 fully saturated rings. The Morgan fingerprint density at radius 3 is 2.60 bits per heavy atom. The summed E-state index contributed by atoms with van der Waals surface area (Å²) in [4.78, 5) is 52.7. The van der Waals surface area contributed by atoms with Gasteiger partial charge in [0.1, 0.15) is 0 Å². The third-order valence-electron chi connectivity index (χ3n) is 2.93. The number of hydrogen-bond acceptors (Lipinski definition) is 6. The molecule has 4 amide bonds. The van der Waals surface area contributed by atoms with Gasteiger partial charge in [0.2, 0.25) is 0 Å². The molecule has 0 radical (unpaired) electrons. The molecule has 0 aliphatic carbocycles. The van der Waals surface area contributed by atoms with Crippen molar-refractivity contribution in [3.05, 3.63) is 33.7 Å². The van der Waals surface area contributed by atoms with Crippen LogP contribution in [0.15, 0.2) is 22.4 Å². The van der Waals surface area contributed by atoms with E-state index in [1.54, 1.807) is 11.6 Å². The van der Waals surface area contributed by atoms with Gasteiger partial charge in [-0.3, -0.25) is 23.7 Å². The summed E-state index contributed by atoms with van der Waals surface area (Å²) in [6.07, 6.45) is 1.59. The molecule has 2 aromatic rings. The van der Waals surface area contributed by atoms with Gasteiger partial charge in [-0.1, -0.05) is 0 Å². The maximum Gasteiger partial charge on any atom is 0.334 e. The molecule has 2 aromatic heterocycles. The first-order valence-electron chi connectivity index (χ1n) is 5.58. The predicted molar refractivity (Wildman–Crippen MR) is 68.1 cm³/mol. The molecule has 1 aliphatic rings. The van der Waals surface area contributed by atoms with Gasteiger partial charge in [0.25, 0.3) is 5.56 Å². The zero-order valence-electron chi connectivity index (χ0n) is 10.3. The minimum absolute atomic E-state index is 0.197. The number of fused-ring (bicyclic) bond motifs is 1. The van der Waals surface area contributed by atoms with Crippen LogP contribution in [0.3, 0.4) is 0 Å². The standard InChI is InChI=1S/C11H8N4O4S/c1-13-8(17)9(18)15(11(13)19)5-6-4-7(16)14-2-3-20-10(14)12-6/h2-4H,5H2,1H3. The molecule has 0 aromatic carbocycles. The Morgan fingerprint density at radius 1 is 1.20 bits per heavy atom. The number of rotatable bonds is 2. The normalized spacial score (nSPS) is 15.8. The predicted octanol–water partition coefficient (Wildman–Crippen LogP) is -0.323. The summed E-state index contributed by atoms with van der Waals surface area (Å²) in [5, 5.41) is 1.71. The lowest BCUT2D eigenvalue weighted by molar-refractivity contribution is -0.143. The molecule has 0 N–H and O–H groups in total. The van der Waals surface area contributed by atoms with Crippen LogP contribution in [0.2, 0.25) is 0 Å². The van der Waals surface area contributed by atoms with Crippen molar-refractivity contribution in [2.45, 2.75) is 6.54 Å². The van der Waals surface area contributed by atoms with Crippen molar-refractivity contribution in [1.82, 2.24) is 19.2 Å². The summed E-state index contributed by atoms with van der Waals surface area (Å²) in [5.41, 5.74) is -0.0349. The zero-order chi connectivity index (χ0) is 14.4. The van der Waals surface area contributed by atoms with Gasteiger partial charge in [-0.2, -0.15) is 0 Å². The maximum atomic E-state index is 11.8. The van der Waals surface area contributed by atoms with Gasteiger partial charge in [0.05, 0.1) is 12.2 Å². The van der Waals surface area contributed by atoms with E-state index in [-0.39, 0.29) is 17.8 Å². The Bertz CT molecular complexity index is 808. The third-order valence-corrected chi connectivity index (χ3v) is 3.68. The molecular formula is C11H8N4O4S. The fourth-order valence-electron chi connectivity index (χ4n) is 1.88. The summed E-state index contributed by atoms with van der Waals surface area (Å²) in [7, 11) is 1.23. The number of hydrogen-bond donors (Lipinski definition) is 0. The number of amides is 4. The molecule has 102 valence electrons. The fourth-order valence-corrected chi connectivity index (χ4v) is 2.62. The highest BCUT2D eigenvalue weighted by Gasteiger charge is 2.42. The van der Waals surface area contributed by atoms with Crippen molar-refractivity contribution in [2.75, 3.05) is 7.05 Å². The quantitative estimate of drug-likeness (QED) is 0.558. The number of likely N-dealkylation sites (N-methyl/N-ethyl adjacent to an activating group) is 1. The number of carbonyl (C=O) groups excluding carboxylic acids is 3. The first-order valence-corrected chi connectivity index (χ1v) is 6.46. The summed E-state index contributed by atoms with van der Waals surface area (Å²) in [6, 6.07) is 0.525. The van der Waals surface area contributed by atoms with Crippen LogP contribution in [-0.4, -0.2) is 44.1 Å². The number of thiazole rings is 1. The van der Waals surface area contributed by atoms with Crippen LogP contribution in [0, 0.1) is 0 Å². The van der Waals surface area contributed by atoms with Crippen molar-refractivity contribution in [1.29, 1.82) is 0 Å². The number of imide groups is 2. The summed E-state index contributed by atoms with van der Waals surface area (Å²) < 4.78 is 1.36. The van der Waals surface area contributed by atoms with Gasteiger partial charge in [0, 0.05) is 24.7 Å². The number of carbonyl (C=O) groups is 3. The monoisotopic (exact) mass is 292 g/mol. The van der Waals surface area contributed by atoms with E-state index >= 15 is 0 Å². The summed E-state index contributed by atoms with van der Waals surface area (Å²) >= 11 is 1.26. The van der Waals surface area contributed by atoms with E-state index in [2.05, 4.69) is 4.98 Å². The molecule has 9 heteroatoms. The van der Waals surface area contributed by atoms with E-state index in [0.717, 1.165) is 9.80 Å². The molecule has 8 nitrogen and oxygen atoms in total. The van der Waals surface area contributed by atoms with Crippen molar-refractivity contribution < 1.29 is 14.4 Å². The average molecular weight is 292 g/mol. The molecule has 1 saturated heterocycles.